The van der Waals surface area contributed by atoms with Crippen LogP contribution >= 0.6 is 0 Å². The van der Waals surface area contributed by atoms with E-state index in [2.05, 4.69) is 40.5 Å². The van der Waals surface area contributed by atoms with Gasteiger partial charge in [0.1, 0.15) is 16.5 Å². The predicted octanol–water partition coefficient (Wildman–Crippen LogP) is 2.78. The Labute approximate surface area is 216 Å². The Kier molecular flexibility index (Phi) is 6.30. The van der Waals surface area contributed by atoms with Crippen molar-refractivity contribution in [2.45, 2.75) is 50.5 Å². The zero-order valence-electron chi connectivity index (χ0n) is 21.1. The molecule has 11 nitrogen and oxygen atoms in total. The SMILES string of the molecule is CC1CCN(c2nc(-n3ccc(OCC4CC4)n3)ccc2C(=O)NS(=O)(=O)c2cccnc2N)C1(C)C. The average molecular weight is 526 g/mol. The van der Waals surface area contributed by atoms with Crippen LogP contribution in [0.25, 0.3) is 5.82 Å². The maximum atomic E-state index is 13.4. The first-order chi connectivity index (χ1) is 17.6. The number of ether oxygens (including phenoxy) is 1. The van der Waals surface area contributed by atoms with Gasteiger partial charge in [-0.1, -0.05) is 6.92 Å². The highest BCUT2D eigenvalue weighted by Crippen LogP contribution is 2.39. The number of nitrogen functional groups attached to an aromatic ring is 1. The van der Waals surface area contributed by atoms with Gasteiger partial charge in [-0.05, 0) is 69.2 Å². The lowest BCUT2D eigenvalue weighted by Gasteiger charge is -2.36. The molecule has 0 spiro atoms. The van der Waals surface area contributed by atoms with Gasteiger partial charge in [0.15, 0.2) is 5.82 Å². The number of carbonyl (C=O) groups is 1. The summed E-state index contributed by atoms with van der Waals surface area (Å²) in [5.41, 5.74) is 5.57. The zero-order valence-corrected chi connectivity index (χ0v) is 21.9. The summed E-state index contributed by atoms with van der Waals surface area (Å²) >= 11 is 0. The van der Waals surface area contributed by atoms with Crippen molar-refractivity contribution in [2.24, 2.45) is 11.8 Å². The second-order valence-electron chi connectivity index (χ2n) is 10.2. The standard InChI is InChI=1S/C25H31N7O4S/c1-16-10-13-31(25(16,2)3)23-18(24(33)30-37(34,35)19-5-4-12-27-22(19)26)8-9-20(28-23)32-14-11-21(29-32)36-15-17-6-7-17/h4-5,8-9,11-12,14,16-17H,6-7,10,13,15H2,1-3H3,(H2,26,27)(H,30,33). The topological polar surface area (TPSA) is 145 Å². The second-order valence-corrected chi connectivity index (χ2v) is 11.9. The summed E-state index contributed by atoms with van der Waals surface area (Å²) in [6, 6.07) is 7.72. The van der Waals surface area contributed by atoms with Crippen LogP contribution in [0.5, 0.6) is 5.88 Å². The molecule has 2 aliphatic rings. The van der Waals surface area contributed by atoms with Gasteiger partial charge in [-0.15, -0.1) is 5.10 Å². The van der Waals surface area contributed by atoms with Gasteiger partial charge < -0.3 is 15.4 Å². The lowest BCUT2D eigenvalue weighted by Crippen LogP contribution is -2.44. The molecule has 0 bridgehead atoms. The van der Waals surface area contributed by atoms with Crippen LogP contribution in [0.1, 0.15) is 50.4 Å². The first-order valence-corrected chi connectivity index (χ1v) is 13.8. The van der Waals surface area contributed by atoms with Gasteiger partial charge in [-0.3, -0.25) is 4.79 Å². The van der Waals surface area contributed by atoms with Gasteiger partial charge in [0.05, 0.1) is 12.2 Å². The van der Waals surface area contributed by atoms with E-state index >= 15 is 0 Å². The van der Waals surface area contributed by atoms with Crippen molar-refractivity contribution in [2.75, 3.05) is 23.8 Å². The summed E-state index contributed by atoms with van der Waals surface area (Å²) in [6.07, 6.45) is 6.41. The monoisotopic (exact) mass is 525 g/mol. The molecule has 1 saturated carbocycles. The summed E-state index contributed by atoms with van der Waals surface area (Å²) in [4.78, 5) is 23.8. The summed E-state index contributed by atoms with van der Waals surface area (Å²) in [7, 11) is -4.25. The van der Waals surface area contributed by atoms with Crippen molar-refractivity contribution >= 4 is 27.6 Å². The first-order valence-electron chi connectivity index (χ1n) is 12.3. The molecule has 3 aromatic heterocycles. The Morgan fingerprint density at radius 3 is 2.68 bits per heavy atom. The molecule has 5 rings (SSSR count). The minimum Gasteiger partial charge on any atom is -0.476 e. The Morgan fingerprint density at radius 2 is 2.00 bits per heavy atom. The summed E-state index contributed by atoms with van der Waals surface area (Å²) < 4.78 is 35.4. The largest absolute Gasteiger partial charge is 0.476 e. The van der Waals surface area contributed by atoms with E-state index in [-0.39, 0.29) is 21.8 Å². The smallest absolute Gasteiger partial charge is 0.268 e. The molecule has 1 atom stereocenters. The molecule has 3 aromatic rings. The van der Waals surface area contributed by atoms with Gasteiger partial charge >= 0.3 is 0 Å². The van der Waals surface area contributed by atoms with Crippen LogP contribution in [-0.2, 0) is 10.0 Å². The molecule has 1 aliphatic carbocycles. The Hall–Kier alpha value is -3.67. The molecule has 0 radical (unpaired) electrons. The third-order valence-electron chi connectivity index (χ3n) is 7.33. The highest BCUT2D eigenvalue weighted by molar-refractivity contribution is 7.90. The van der Waals surface area contributed by atoms with E-state index in [4.69, 9.17) is 15.5 Å². The van der Waals surface area contributed by atoms with Crippen LogP contribution in [-0.4, -0.2) is 52.8 Å². The quantitative estimate of drug-likeness (QED) is 0.453. The number of nitrogens with zero attached hydrogens (tertiary/aromatic N) is 5. The van der Waals surface area contributed by atoms with Crippen molar-refractivity contribution in [1.82, 2.24) is 24.5 Å². The van der Waals surface area contributed by atoms with Gasteiger partial charge in [0, 0.05) is 30.5 Å². The fraction of sp³-hybridized carbons (Fsp3) is 0.440. The fourth-order valence-corrected chi connectivity index (χ4v) is 5.47. The number of nitrogens with one attached hydrogen (secondary N) is 1. The number of carbonyl (C=O) groups excluding carboxylic acids is 1. The number of anilines is 2. The van der Waals surface area contributed by atoms with Crippen molar-refractivity contribution < 1.29 is 17.9 Å². The third kappa shape index (κ3) is 4.97. The Bertz CT molecular complexity index is 1430. The number of rotatable bonds is 8. The average Bonchev–Trinajstić information content (AvgIpc) is 3.49. The first kappa shape index (κ1) is 25.0. The molecular formula is C25H31N7O4S. The number of hydrogen-bond donors (Lipinski definition) is 2. The molecule has 2 fully saturated rings. The van der Waals surface area contributed by atoms with Crippen LogP contribution in [0, 0.1) is 11.8 Å². The molecule has 196 valence electrons. The van der Waals surface area contributed by atoms with Gasteiger partial charge in [-0.25, -0.2) is 27.8 Å². The zero-order chi connectivity index (χ0) is 26.4. The number of aromatic nitrogens is 4. The number of sulfonamides is 1. The van der Waals surface area contributed by atoms with Crippen LogP contribution in [0.3, 0.4) is 0 Å². The molecule has 12 heteroatoms. The molecule has 37 heavy (non-hydrogen) atoms. The maximum absolute atomic E-state index is 13.4. The lowest BCUT2D eigenvalue weighted by atomic mass is 9.90. The van der Waals surface area contributed by atoms with E-state index in [1.165, 1.54) is 31.2 Å². The number of amides is 1. The molecular weight excluding hydrogens is 494 g/mol. The number of pyridine rings is 2. The minimum atomic E-state index is -4.25. The van der Waals surface area contributed by atoms with Crippen LogP contribution in [0.2, 0.25) is 0 Å². The van der Waals surface area contributed by atoms with Crippen LogP contribution < -0.4 is 20.1 Å². The van der Waals surface area contributed by atoms with Crippen molar-refractivity contribution in [3.05, 3.63) is 48.3 Å². The fourth-order valence-electron chi connectivity index (χ4n) is 4.42. The Morgan fingerprint density at radius 1 is 1.22 bits per heavy atom. The Balaban J connectivity index is 1.49. The van der Waals surface area contributed by atoms with E-state index in [9.17, 15) is 13.2 Å². The molecule has 3 N–H and O–H groups in total. The third-order valence-corrected chi connectivity index (χ3v) is 8.71. The predicted molar refractivity (Wildman–Crippen MR) is 138 cm³/mol. The van der Waals surface area contributed by atoms with E-state index in [1.54, 1.807) is 29.1 Å². The number of nitrogens with two attached hydrogens (primary N) is 1. The van der Waals surface area contributed by atoms with Crippen molar-refractivity contribution in [1.29, 1.82) is 0 Å². The highest BCUT2D eigenvalue weighted by Gasteiger charge is 2.41. The summed E-state index contributed by atoms with van der Waals surface area (Å²) in [5.74, 6) is 1.32. The summed E-state index contributed by atoms with van der Waals surface area (Å²) in [6.45, 7) is 7.64. The molecule has 0 aromatic carbocycles. The number of hydrogen-bond acceptors (Lipinski definition) is 9. The van der Waals surface area contributed by atoms with E-state index in [0.29, 0.717) is 42.5 Å². The minimum absolute atomic E-state index is 0.134. The molecule has 1 saturated heterocycles. The van der Waals surface area contributed by atoms with Crippen LogP contribution in [0.15, 0.2) is 47.6 Å². The highest BCUT2D eigenvalue weighted by atomic mass is 32.2. The van der Waals surface area contributed by atoms with E-state index in [1.807, 2.05) is 0 Å². The van der Waals surface area contributed by atoms with E-state index < -0.39 is 15.9 Å². The second kappa shape index (κ2) is 9.33. The molecule has 1 aliphatic heterocycles. The van der Waals surface area contributed by atoms with Crippen molar-refractivity contribution in [3.8, 4) is 11.7 Å². The molecule has 4 heterocycles. The lowest BCUT2D eigenvalue weighted by molar-refractivity contribution is 0.0981. The maximum Gasteiger partial charge on any atom is 0.268 e. The normalized spacial score (nSPS) is 19.1. The van der Waals surface area contributed by atoms with Gasteiger partial charge in [0.25, 0.3) is 15.9 Å². The van der Waals surface area contributed by atoms with Gasteiger partial charge in [0.2, 0.25) is 5.88 Å². The van der Waals surface area contributed by atoms with Gasteiger partial charge in [-0.2, -0.15) is 0 Å². The summed E-state index contributed by atoms with van der Waals surface area (Å²) in [5, 5.41) is 4.48. The van der Waals surface area contributed by atoms with Crippen LogP contribution in [0.4, 0.5) is 11.6 Å². The van der Waals surface area contributed by atoms with E-state index in [0.717, 1.165) is 6.42 Å². The molecule has 1 unspecified atom stereocenters. The molecule has 1 amide bonds. The van der Waals surface area contributed by atoms with Crippen molar-refractivity contribution in [3.63, 3.8) is 0 Å².